The van der Waals surface area contributed by atoms with Crippen molar-refractivity contribution in [3.63, 3.8) is 0 Å². The fourth-order valence-corrected chi connectivity index (χ4v) is 11.7. The van der Waals surface area contributed by atoms with Gasteiger partial charge in [0.15, 0.2) is 0 Å². The van der Waals surface area contributed by atoms with Crippen molar-refractivity contribution in [2.45, 2.75) is 95.4 Å². The SMILES string of the molecule is C=C1c2cccc(NCCC3CC4(CCN(CC5CCC(c6nc7cc(OC)c(NC(=O)c8cccc(C(C)(F)F)n8)cc7s6)CC5)CC4)C3)c2C(=O)N1C1CCC(=O)NC1=O. The molecular weight excluding hydrogens is 813 g/mol. The van der Waals surface area contributed by atoms with E-state index >= 15 is 0 Å². The summed E-state index contributed by atoms with van der Waals surface area (Å²) >= 11 is 1.64. The number of amides is 4. The Kier molecular flexibility index (Phi) is 11.4. The molecule has 4 amide bonds. The Labute approximate surface area is 363 Å². The van der Waals surface area contributed by atoms with Gasteiger partial charge in [-0.15, -0.1) is 11.3 Å². The van der Waals surface area contributed by atoms with E-state index in [-0.39, 0.29) is 23.9 Å². The molecule has 1 atom stereocenters. The maximum Gasteiger partial charge on any atom is 0.287 e. The predicted molar refractivity (Wildman–Crippen MR) is 234 cm³/mol. The van der Waals surface area contributed by atoms with Crippen LogP contribution in [0.5, 0.6) is 5.75 Å². The first-order chi connectivity index (χ1) is 29.8. The highest BCUT2D eigenvalue weighted by atomic mass is 32.1. The number of imide groups is 1. The first-order valence-electron chi connectivity index (χ1n) is 21.9. The number of fused-ring (bicyclic) bond motifs is 2. The van der Waals surface area contributed by atoms with Gasteiger partial charge in [-0.2, -0.15) is 8.78 Å². The number of anilines is 2. The van der Waals surface area contributed by atoms with Crippen molar-refractivity contribution in [2.75, 3.05) is 43.9 Å². The highest BCUT2D eigenvalue weighted by Gasteiger charge is 2.46. The molecule has 0 radical (unpaired) electrons. The standard InChI is InChI=1S/C47H53F2N7O5S/c1-27-31-6-4-7-32(41(31)45(60)56(27)36-14-15-40(57)54-43(36)59)50-19-16-29-24-47(25-29)17-20-55(21-18-47)26-28-10-12-30(13-11-28)44-53-35-22-37(61-3)34(23-38(35)62-44)52-42(58)33-8-5-9-39(51-33)46(2,48)49/h4-9,22-23,28-30,36,50H,1,10-21,24-26H2,2-3H3,(H,52,58)(H,54,57,59). The number of halogens is 2. The molecule has 2 aromatic heterocycles. The number of hydrogen-bond acceptors (Lipinski definition) is 10. The summed E-state index contributed by atoms with van der Waals surface area (Å²) in [5.41, 5.74) is 3.71. The third-order valence-electron chi connectivity index (χ3n) is 14.0. The molecule has 1 unspecified atom stereocenters. The molecule has 2 saturated carbocycles. The van der Waals surface area contributed by atoms with E-state index in [9.17, 15) is 28.0 Å². The van der Waals surface area contributed by atoms with E-state index in [1.807, 2.05) is 30.3 Å². The lowest BCUT2D eigenvalue weighted by Crippen LogP contribution is -2.52. The molecule has 5 aliphatic rings. The van der Waals surface area contributed by atoms with Crippen LogP contribution in [-0.2, 0) is 15.5 Å². The van der Waals surface area contributed by atoms with Gasteiger partial charge in [-0.05, 0) is 119 Å². The van der Waals surface area contributed by atoms with E-state index in [0.29, 0.717) is 52.3 Å². The summed E-state index contributed by atoms with van der Waals surface area (Å²) in [7, 11) is 1.52. The largest absolute Gasteiger partial charge is 0.494 e. The number of benzene rings is 2. The zero-order chi connectivity index (χ0) is 43.3. The predicted octanol–water partition coefficient (Wildman–Crippen LogP) is 8.56. The Morgan fingerprint density at radius 2 is 1.76 bits per heavy atom. The van der Waals surface area contributed by atoms with E-state index in [4.69, 9.17) is 9.72 Å². The number of methoxy groups -OCH3 is 1. The summed E-state index contributed by atoms with van der Waals surface area (Å²) in [5, 5.41) is 9.79. The number of alkyl halides is 2. The summed E-state index contributed by atoms with van der Waals surface area (Å²) in [6.07, 6.45) is 11.1. The van der Waals surface area contributed by atoms with Crippen molar-refractivity contribution >= 4 is 62.3 Å². The van der Waals surface area contributed by atoms with Crippen LogP contribution in [0.1, 0.15) is 121 Å². The fraction of sp³-hybridized carbons (Fsp3) is 0.489. The molecule has 0 bridgehead atoms. The molecule has 5 heterocycles. The second kappa shape index (κ2) is 16.8. The Hall–Kier alpha value is -5.28. The number of piperidine rings is 2. The molecule has 12 nitrogen and oxygen atoms in total. The first kappa shape index (κ1) is 42.0. The van der Waals surface area contributed by atoms with Crippen molar-refractivity contribution in [1.29, 1.82) is 0 Å². The Bertz CT molecular complexity index is 2430. The van der Waals surface area contributed by atoms with Crippen molar-refractivity contribution < 1.29 is 32.7 Å². The Balaban J connectivity index is 0.715. The maximum absolute atomic E-state index is 13.9. The van der Waals surface area contributed by atoms with Gasteiger partial charge in [0.25, 0.3) is 17.7 Å². The van der Waals surface area contributed by atoms with Crippen molar-refractivity contribution in [3.05, 3.63) is 82.6 Å². The zero-order valence-corrected chi connectivity index (χ0v) is 36.1. The minimum atomic E-state index is -3.16. The number of nitrogens with zero attached hydrogens (tertiary/aromatic N) is 4. The van der Waals surface area contributed by atoms with Crippen molar-refractivity contribution in [1.82, 2.24) is 25.1 Å². The number of aromatic nitrogens is 2. The summed E-state index contributed by atoms with van der Waals surface area (Å²) < 4.78 is 34.2. The Morgan fingerprint density at radius 3 is 2.48 bits per heavy atom. The molecule has 15 heteroatoms. The number of carbonyl (C=O) groups is 4. The third-order valence-corrected chi connectivity index (χ3v) is 15.1. The van der Waals surface area contributed by atoms with Gasteiger partial charge in [0, 0.05) is 55.4 Å². The second-order valence-corrected chi connectivity index (χ2v) is 19.2. The molecule has 4 aromatic rings. The van der Waals surface area contributed by atoms with Crippen LogP contribution >= 0.6 is 11.3 Å². The molecule has 9 rings (SSSR count). The number of ether oxygens (including phenoxy) is 1. The van der Waals surface area contributed by atoms with Gasteiger partial charge >= 0.3 is 0 Å². The number of rotatable bonds is 12. The topological polar surface area (TPSA) is 146 Å². The van der Waals surface area contributed by atoms with Crippen LogP contribution in [0, 0.1) is 17.3 Å². The average molecular weight is 866 g/mol. The molecule has 326 valence electrons. The lowest BCUT2D eigenvalue weighted by Gasteiger charge is -2.53. The molecule has 1 spiro atoms. The van der Waals surface area contributed by atoms with Crippen molar-refractivity contribution in [3.8, 4) is 5.75 Å². The lowest BCUT2D eigenvalue weighted by molar-refractivity contribution is -0.136. The fourth-order valence-electron chi connectivity index (χ4n) is 10.6. The van der Waals surface area contributed by atoms with Gasteiger partial charge in [-0.1, -0.05) is 24.8 Å². The van der Waals surface area contributed by atoms with Gasteiger partial charge < -0.3 is 20.3 Å². The highest BCUT2D eigenvalue weighted by molar-refractivity contribution is 7.18. The van der Waals surface area contributed by atoms with E-state index in [1.165, 1.54) is 68.7 Å². The third kappa shape index (κ3) is 8.33. The summed E-state index contributed by atoms with van der Waals surface area (Å²) in [5.74, 6) is -2.58. The van der Waals surface area contributed by atoms with Crippen LogP contribution in [0.4, 0.5) is 20.2 Å². The number of hydrogen-bond donors (Lipinski definition) is 3. The zero-order valence-electron chi connectivity index (χ0n) is 35.2. The summed E-state index contributed by atoms with van der Waals surface area (Å²) in [4.78, 5) is 64.0. The van der Waals surface area contributed by atoms with E-state index in [2.05, 4.69) is 32.4 Å². The molecule has 4 fully saturated rings. The Morgan fingerprint density at radius 1 is 1.00 bits per heavy atom. The minimum Gasteiger partial charge on any atom is -0.494 e. The quantitative estimate of drug-likeness (QED) is 0.119. The molecular formula is C47H53F2N7O5S. The molecule has 62 heavy (non-hydrogen) atoms. The average Bonchev–Trinajstić information content (AvgIpc) is 3.77. The van der Waals surface area contributed by atoms with Gasteiger partial charge in [0.1, 0.15) is 23.2 Å². The van der Waals surface area contributed by atoms with Crippen LogP contribution < -0.4 is 20.7 Å². The monoisotopic (exact) mass is 865 g/mol. The smallest absolute Gasteiger partial charge is 0.287 e. The molecule has 2 saturated heterocycles. The minimum absolute atomic E-state index is 0.0983. The van der Waals surface area contributed by atoms with Crippen LogP contribution in [0.25, 0.3) is 15.9 Å². The molecule has 3 N–H and O–H groups in total. The van der Waals surface area contributed by atoms with Crippen LogP contribution in [0.15, 0.2) is 55.1 Å². The summed E-state index contributed by atoms with van der Waals surface area (Å²) in [6, 6.07) is 12.7. The molecule has 2 aliphatic carbocycles. The van der Waals surface area contributed by atoms with Crippen LogP contribution in [-0.4, -0.2) is 82.7 Å². The summed E-state index contributed by atoms with van der Waals surface area (Å²) in [6.45, 7) is 9.13. The number of carbonyl (C=O) groups excluding carboxylic acids is 4. The van der Waals surface area contributed by atoms with Gasteiger partial charge in [-0.25, -0.2) is 9.97 Å². The van der Waals surface area contributed by atoms with E-state index < -0.39 is 29.5 Å². The molecule has 2 aromatic carbocycles. The maximum atomic E-state index is 13.9. The first-order valence-corrected chi connectivity index (χ1v) is 22.7. The van der Waals surface area contributed by atoms with Gasteiger partial charge in [0.2, 0.25) is 11.8 Å². The van der Waals surface area contributed by atoms with Gasteiger partial charge in [-0.3, -0.25) is 29.4 Å². The number of likely N-dealkylation sites (tertiary alicyclic amines) is 1. The van der Waals surface area contributed by atoms with E-state index in [0.717, 1.165) is 78.8 Å². The normalized spacial score (nSPS) is 23.0. The highest BCUT2D eigenvalue weighted by Crippen LogP contribution is 2.54. The number of nitrogens with one attached hydrogen (secondary N) is 3. The lowest BCUT2D eigenvalue weighted by atomic mass is 9.57. The second-order valence-electron chi connectivity index (χ2n) is 18.1. The van der Waals surface area contributed by atoms with E-state index in [1.54, 1.807) is 11.3 Å². The van der Waals surface area contributed by atoms with Crippen LogP contribution in [0.2, 0.25) is 0 Å². The van der Waals surface area contributed by atoms with Crippen molar-refractivity contribution in [2.24, 2.45) is 17.3 Å². The number of pyridine rings is 1. The molecule has 3 aliphatic heterocycles. The number of thiazole rings is 1. The van der Waals surface area contributed by atoms with Gasteiger partial charge in [0.05, 0.1) is 33.6 Å². The van der Waals surface area contributed by atoms with Crippen LogP contribution in [0.3, 0.4) is 0 Å².